The maximum atomic E-state index is 5.80. The van der Waals surface area contributed by atoms with Gasteiger partial charge in [-0.05, 0) is 58.5 Å². The summed E-state index contributed by atoms with van der Waals surface area (Å²) in [4.78, 5) is 2.45. The molecule has 1 aliphatic heterocycles. The van der Waals surface area contributed by atoms with Crippen LogP contribution in [0.4, 0.5) is 0 Å². The zero-order valence-corrected chi connectivity index (χ0v) is 12.2. The van der Waals surface area contributed by atoms with E-state index in [1.807, 2.05) is 12.1 Å². The van der Waals surface area contributed by atoms with Gasteiger partial charge in [0.1, 0.15) is 12.4 Å². The highest BCUT2D eigenvalue weighted by Crippen LogP contribution is 2.13. The second-order valence-electron chi connectivity index (χ2n) is 5.48. The van der Waals surface area contributed by atoms with Crippen LogP contribution < -0.4 is 10.1 Å². The first-order valence-electron chi connectivity index (χ1n) is 7.36. The summed E-state index contributed by atoms with van der Waals surface area (Å²) in [6.45, 7) is 6.18. The van der Waals surface area contributed by atoms with Crippen LogP contribution in [-0.2, 0) is 0 Å². The summed E-state index contributed by atoms with van der Waals surface area (Å²) in [6.07, 6.45) is 3.84. The quantitative estimate of drug-likeness (QED) is 0.882. The Morgan fingerprint density at radius 2 is 2.00 bits per heavy atom. The first kappa shape index (κ1) is 14.4. The molecule has 1 atom stereocenters. The molecular formula is C16H26N2O. The zero-order valence-electron chi connectivity index (χ0n) is 12.2. The van der Waals surface area contributed by atoms with Gasteiger partial charge in [0.25, 0.3) is 0 Å². The smallest absolute Gasteiger partial charge is 0.119 e. The molecule has 1 fully saturated rings. The predicted octanol–water partition coefficient (Wildman–Crippen LogP) is 2.45. The number of nitrogens with zero attached hydrogens (tertiary/aromatic N) is 1. The Hall–Kier alpha value is -1.06. The number of aryl methyl sites for hydroxylation is 1. The Bertz CT molecular complexity index is 356. The van der Waals surface area contributed by atoms with Gasteiger partial charge in [0.2, 0.25) is 0 Å². The van der Waals surface area contributed by atoms with E-state index in [-0.39, 0.29) is 0 Å². The fraction of sp³-hybridized carbons (Fsp3) is 0.625. The third kappa shape index (κ3) is 4.84. The van der Waals surface area contributed by atoms with Gasteiger partial charge in [-0.25, -0.2) is 0 Å². The van der Waals surface area contributed by atoms with E-state index < -0.39 is 0 Å². The number of ether oxygens (including phenoxy) is 1. The van der Waals surface area contributed by atoms with Crippen molar-refractivity contribution in [3.8, 4) is 5.75 Å². The van der Waals surface area contributed by atoms with E-state index in [0.717, 1.165) is 25.4 Å². The summed E-state index contributed by atoms with van der Waals surface area (Å²) in [5.41, 5.74) is 1.27. The molecule has 1 saturated heterocycles. The molecule has 1 aliphatic rings. The van der Waals surface area contributed by atoms with Crippen molar-refractivity contribution in [3.63, 3.8) is 0 Å². The van der Waals surface area contributed by atoms with Crippen LogP contribution in [0.15, 0.2) is 24.3 Å². The highest BCUT2D eigenvalue weighted by Gasteiger charge is 2.16. The second-order valence-corrected chi connectivity index (χ2v) is 5.48. The van der Waals surface area contributed by atoms with Crippen molar-refractivity contribution >= 4 is 0 Å². The van der Waals surface area contributed by atoms with Crippen LogP contribution in [-0.4, -0.2) is 44.2 Å². The van der Waals surface area contributed by atoms with Crippen LogP contribution in [0, 0.1) is 6.92 Å². The molecular weight excluding hydrogens is 236 g/mol. The Morgan fingerprint density at radius 3 is 2.79 bits per heavy atom. The van der Waals surface area contributed by atoms with Crippen LogP contribution in [0.5, 0.6) is 5.75 Å². The first-order chi connectivity index (χ1) is 9.25. The van der Waals surface area contributed by atoms with Crippen LogP contribution in [0.2, 0.25) is 0 Å². The van der Waals surface area contributed by atoms with Gasteiger partial charge in [0, 0.05) is 12.6 Å². The molecule has 1 heterocycles. The molecule has 0 aromatic heterocycles. The topological polar surface area (TPSA) is 24.5 Å². The van der Waals surface area contributed by atoms with Crippen molar-refractivity contribution in [3.05, 3.63) is 29.8 Å². The van der Waals surface area contributed by atoms with Crippen molar-refractivity contribution in [1.29, 1.82) is 0 Å². The molecule has 0 spiro atoms. The minimum absolute atomic E-state index is 0.705. The lowest BCUT2D eigenvalue weighted by Crippen LogP contribution is -2.35. The molecule has 106 valence electrons. The lowest BCUT2D eigenvalue weighted by Gasteiger charge is -2.26. The molecule has 19 heavy (non-hydrogen) atoms. The summed E-state index contributed by atoms with van der Waals surface area (Å²) in [7, 11) is 2.22. The number of rotatable bonds is 5. The Morgan fingerprint density at radius 1 is 1.21 bits per heavy atom. The molecule has 0 aliphatic carbocycles. The molecule has 0 saturated carbocycles. The third-order valence-corrected chi connectivity index (χ3v) is 3.90. The van der Waals surface area contributed by atoms with Gasteiger partial charge in [-0.3, -0.25) is 4.90 Å². The van der Waals surface area contributed by atoms with Crippen molar-refractivity contribution in [2.45, 2.75) is 32.2 Å². The van der Waals surface area contributed by atoms with E-state index in [1.54, 1.807) is 0 Å². The largest absolute Gasteiger partial charge is 0.492 e. The normalized spacial score (nSPS) is 20.3. The van der Waals surface area contributed by atoms with Crippen LogP contribution in [0.25, 0.3) is 0 Å². The van der Waals surface area contributed by atoms with Crippen molar-refractivity contribution in [2.75, 3.05) is 33.3 Å². The molecule has 0 amide bonds. The SMILES string of the molecule is Cc1ccc(OCCN(C)C2CCCNCC2)cc1. The minimum atomic E-state index is 0.705. The minimum Gasteiger partial charge on any atom is -0.492 e. The van der Waals surface area contributed by atoms with Gasteiger partial charge in [0.15, 0.2) is 0 Å². The third-order valence-electron chi connectivity index (χ3n) is 3.90. The Balaban J connectivity index is 1.70. The monoisotopic (exact) mass is 262 g/mol. The molecule has 1 aromatic rings. The number of likely N-dealkylation sites (N-methyl/N-ethyl adjacent to an activating group) is 1. The molecule has 0 radical (unpaired) electrons. The van der Waals surface area contributed by atoms with Gasteiger partial charge >= 0.3 is 0 Å². The van der Waals surface area contributed by atoms with E-state index in [1.165, 1.54) is 31.4 Å². The van der Waals surface area contributed by atoms with Crippen LogP contribution in [0.1, 0.15) is 24.8 Å². The van der Waals surface area contributed by atoms with E-state index in [0.29, 0.717) is 6.04 Å². The fourth-order valence-corrected chi connectivity index (χ4v) is 2.57. The fourth-order valence-electron chi connectivity index (χ4n) is 2.57. The summed E-state index contributed by atoms with van der Waals surface area (Å²) in [6, 6.07) is 8.98. The molecule has 3 nitrogen and oxygen atoms in total. The van der Waals surface area contributed by atoms with E-state index in [2.05, 4.69) is 36.3 Å². The summed E-state index contributed by atoms with van der Waals surface area (Å²) >= 11 is 0. The zero-order chi connectivity index (χ0) is 13.5. The second kappa shape index (κ2) is 7.51. The van der Waals surface area contributed by atoms with E-state index >= 15 is 0 Å². The van der Waals surface area contributed by atoms with Gasteiger partial charge in [-0.15, -0.1) is 0 Å². The van der Waals surface area contributed by atoms with E-state index in [4.69, 9.17) is 4.74 Å². The Kier molecular flexibility index (Phi) is 5.67. The standard InChI is InChI=1S/C16H26N2O/c1-14-5-7-16(8-6-14)19-13-12-18(2)15-4-3-10-17-11-9-15/h5-8,15,17H,3-4,9-13H2,1-2H3. The van der Waals surface area contributed by atoms with E-state index in [9.17, 15) is 0 Å². The maximum absolute atomic E-state index is 5.80. The lowest BCUT2D eigenvalue weighted by atomic mass is 10.1. The van der Waals surface area contributed by atoms with Gasteiger partial charge in [-0.2, -0.15) is 0 Å². The summed E-state index contributed by atoms with van der Waals surface area (Å²) < 4.78 is 5.80. The van der Waals surface area contributed by atoms with Crippen molar-refractivity contribution in [1.82, 2.24) is 10.2 Å². The number of hydrogen-bond donors (Lipinski definition) is 1. The highest BCUT2D eigenvalue weighted by molar-refractivity contribution is 5.26. The molecule has 1 unspecified atom stereocenters. The maximum Gasteiger partial charge on any atom is 0.119 e. The number of benzene rings is 1. The molecule has 3 heteroatoms. The van der Waals surface area contributed by atoms with Gasteiger partial charge < -0.3 is 10.1 Å². The van der Waals surface area contributed by atoms with Crippen LogP contribution >= 0.6 is 0 Å². The van der Waals surface area contributed by atoms with Gasteiger partial charge in [0.05, 0.1) is 0 Å². The first-order valence-corrected chi connectivity index (χ1v) is 7.36. The molecule has 2 rings (SSSR count). The van der Waals surface area contributed by atoms with Gasteiger partial charge in [-0.1, -0.05) is 17.7 Å². The highest BCUT2D eigenvalue weighted by atomic mass is 16.5. The molecule has 1 N–H and O–H groups in total. The predicted molar refractivity (Wildman–Crippen MR) is 79.8 cm³/mol. The summed E-state index contributed by atoms with van der Waals surface area (Å²) in [5, 5.41) is 3.46. The Labute approximate surface area is 116 Å². The molecule has 1 aromatic carbocycles. The number of hydrogen-bond acceptors (Lipinski definition) is 3. The van der Waals surface area contributed by atoms with Crippen molar-refractivity contribution in [2.24, 2.45) is 0 Å². The lowest BCUT2D eigenvalue weighted by molar-refractivity contribution is 0.180. The van der Waals surface area contributed by atoms with Crippen LogP contribution in [0.3, 0.4) is 0 Å². The molecule has 0 bridgehead atoms. The van der Waals surface area contributed by atoms with Crippen molar-refractivity contribution < 1.29 is 4.74 Å². The summed E-state index contributed by atoms with van der Waals surface area (Å²) in [5.74, 6) is 0.974. The average Bonchev–Trinajstić information content (AvgIpc) is 2.70. The average molecular weight is 262 g/mol. The number of nitrogens with one attached hydrogen (secondary N) is 1.